The first kappa shape index (κ1) is 17.9. The zero-order valence-corrected chi connectivity index (χ0v) is 15.4. The third-order valence-electron chi connectivity index (χ3n) is 4.40. The molecule has 0 atom stereocenters. The Labute approximate surface area is 162 Å². The Morgan fingerprint density at radius 2 is 1.86 bits per heavy atom. The molecule has 1 N–H and O–H groups in total. The first-order valence-corrected chi connectivity index (χ1v) is 8.87. The molecule has 1 aliphatic rings. The van der Waals surface area contributed by atoms with E-state index in [0.29, 0.717) is 30.4 Å². The van der Waals surface area contributed by atoms with Crippen LogP contribution in [0.15, 0.2) is 49.2 Å². The average Bonchev–Trinajstić information content (AvgIpc) is 3.26. The maximum Gasteiger partial charge on any atom is 0.275 e. The predicted octanol–water partition coefficient (Wildman–Crippen LogP) is 1.76. The number of nitrogens with one attached hydrogen (secondary N) is 1. The van der Waals surface area contributed by atoms with Crippen LogP contribution in [0.1, 0.15) is 10.5 Å². The van der Waals surface area contributed by atoms with Gasteiger partial charge in [0.15, 0.2) is 0 Å². The van der Waals surface area contributed by atoms with Crippen LogP contribution in [0.4, 0.5) is 11.5 Å². The number of imidazole rings is 1. The summed E-state index contributed by atoms with van der Waals surface area (Å²) in [4.78, 5) is 27.4. The molecule has 0 unspecified atom stereocenters. The minimum atomic E-state index is -0.300. The number of amides is 1. The van der Waals surface area contributed by atoms with Gasteiger partial charge in [0.2, 0.25) is 0 Å². The Morgan fingerprint density at radius 1 is 1.11 bits per heavy atom. The van der Waals surface area contributed by atoms with Gasteiger partial charge in [-0.05, 0) is 24.3 Å². The second-order valence-corrected chi connectivity index (χ2v) is 6.18. The first-order chi connectivity index (χ1) is 13.7. The second-order valence-electron chi connectivity index (χ2n) is 6.18. The van der Waals surface area contributed by atoms with E-state index in [1.54, 1.807) is 48.5 Å². The minimum Gasteiger partial charge on any atom is -0.497 e. The summed E-state index contributed by atoms with van der Waals surface area (Å²) < 4.78 is 12.2. The van der Waals surface area contributed by atoms with Crippen molar-refractivity contribution in [1.82, 2.24) is 19.5 Å². The number of methoxy groups -OCH3 is 1. The lowest BCUT2D eigenvalue weighted by Crippen LogP contribution is -2.36. The number of nitrogens with zero attached hydrogens (tertiary/aromatic N) is 5. The maximum atomic E-state index is 12.5. The van der Waals surface area contributed by atoms with Crippen molar-refractivity contribution < 1.29 is 14.3 Å². The van der Waals surface area contributed by atoms with Gasteiger partial charge in [0, 0.05) is 31.0 Å². The topological polar surface area (TPSA) is 94.4 Å². The molecule has 0 bridgehead atoms. The number of morpholine rings is 1. The molecular weight excluding hydrogens is 360 g/mol. The molecule has 1 aliphatic heterocycles. The molecule has 2 aromatic heterocycles. The van der Waals surface area contributed by atoms with Crippen molar-refractivity contribution in [3.8, 4) is 11.6 Å². The van der Waals surface area contributed by atoms with Crippen LogP contribution in [0.25, 0.3) is 5.82 Å². The summed E-state index contributed by atoms with van der Waals surface area (Å²) >= 11 is 0. The van der Waals surface area contributed by atoms with Crippen molar-refractivity contribution in [2.75, 3.05) is 43.6 Å². The van der Waals surface area contributed by atoms with E-state index in [9.17, 15) is 4.79 Å². The molecule has 3 aromatic rings. The molecule has 0 aliphatic carbocycles. The van der Waals surface area contributed by atoms with Gasteiger partial charge in [-0.2, -0.15) is 0 Å². The van der Waals surface area contributed by atoms with Crippen LogP contribution in [-0.2, 0) is 4.74 Å². The quantitative estimate of drug-likeness (QED) is 0.721. The second kappa shape index (κ2) is 8.05. The SMILES string of the molecule is COc1ccc(NC(=O)c2cn(-c3cc(N4CCOCC4)ncn3)cn2)cc1. The van der Waals surface area contributed by atoms with Crippen molar-refractivity contribution >= 4 is 17.4 Å². The number of ether oxygens (including phenoxy) is 2. The van der Waals surface area contributed by atoms with Gasteiger partial charge in [-0.15, -0.1) is 0 Å². The van der Waals surface area contributed by atoms with Gasteiger partial charge in [0.25, 0.3) is 5.91 Å². The zero-order valence-electron chi connectivity index (χ0n) is 15.4. The molecule has 28 heavy (non-hydrogen) atoms. The van der Waals surface area contributed by atoms with Crippen LogP contribution in [0.2, 0.25) is 0 Å². The third kappa shape index (κ3) is 3.94. The van der Waals surface area contributed by atoms with Gasteiger partial charge >= 0.3 is 0 Å². The van der Waals surface area contributed by atoms with E-state index in [1.807, 2.05) is 6.07 Å². The fraction of sp³-hybridized carbons (Fsp3) is 0.263. The van der Waals surface area contributed by atoms with Crippen LogP contribution in [0.5, 0.6) is 5.75 Å². The van der Waals surface area contributed by atoms with Crippen LogP contribution in [0, 0.1) is 0 Å². The third-order valence-corrected chi connectivity index (χ3v) is 4.40. The lowest BCUT2D eigenvalue weighted by molar-refractivity contribution is 0.102. The van der Waals surface area contributed by atoms with Gasteiger partial charge in [-0.1, -0.05) is 0 Å². The summed E-state index contributed by atoms with van der Waals surface area (Å²) in [6.07, 6.45) is 4.72. The molecule has 1 fully saturated rings. The van der Waals surface area contributed by atoms with Crippen molar-refractivity contribution in [1.29, 1.82) is 0 Å². The summed E-state index contributed by atoms with van der Waals surface area (Å²) in [5.74, 6) is 1.90. The van der Waals surface area contributed by atoms with Gasteiger partial charge in [-0.25, -0.2) is 15.0 Å². The fourth-order valence-corrected chi connectivity index (χ4v) is 2.88. The molecular formula is C19H20N6O3. The first-order valence-electron chi connectivity index (χ1n) is 8.87. The van der Waals surface area contributed by atoms with Gasteiger partial charge in [0.1, 0.15) is 35.7 Å². The van der Waals surface area contributed by atoms with E-state index in [1.165, 1.54) is 6.33 Å². The number of benzene rings is 1. The van der Waals surface area contributed by atoms with Crippen molar-refractivity contribution in [2.45, 2.75) is 0 Å². The van der Waals surface area contributed by atoms with Crippen molar-refractivity contribution in [3.05, 3.63) is 54.9 Å². The van der Waals surface area contributed by atoms with Gasteiger partial charge in [0.05, 0.1) is 20.3 Å². The van der Waals surface area contributed by atoms with E-state index < -0.39 is 0 Å². The van der Waals surface area contributed by atoms with Gasteiger partial charge in [-0.3, -0.25) is 9.36 Å². The fourth-order valence-electron chi connectivity index (χ4n) is 2.88. The molecule has 0 spiro atoms. The monoisotopic (exact) mass is 380 g/mol. The maximum absolute atomic E-state index is 12.5. The van der Waals surface area contributed by atoms with Crippen molar-refractivity contribution in [3.63, 3.8) is 0 Å². The Balaban J connectivity index is 1.48. The summed E-state index contributed by atoms with van der Waals surface area (Å²) in [5, 5.41) is 2.81. The molecule has 9 nitrogen and oxygen atoms in total. The molecule has 4 rings (SSSR count). The molecule has 1 aromatic carbocycles. The highest BCUT2D eigenvalue weighted by atomic mass is 16.5. The van der Waals surface area contributed by atoms with E-state index in [0.717, 1.165) is 24.7 Å². The molecule has 0 saturated carbocycles. The smallest absolute Gasteiger partial charge is 0.275 e. The van der Waals surface area contributed by atoms with E-state index in [2.05, 4.69) is 25.2 Å². The highest BCUT2D eigenvalue weighted by Crippen LogP contribution is 2.17. The van der Waals surface area contributed by atoms with E-state index in [-0.39, 0.29) is 5.91 Å². The van der Waals surface area contributed by atoms with E-state index in [4.69, 9.17) is 9.47 Å². The Hall–Kier alpha value is -3.46. The molecule has 3 heterocycles. The summed E-state index contributed by atoms with van der Waals surface area (Å²) in [5.41, 5.74) is 0.958. The predicted molar refractivity (Wildman–Crippen MR) is 103 cm³/mol. The number of carbonyl (C=O) groups is 1. The molecule has 0 radical (unpaired) electrons. The number of hydrogen-bond acceptors (Lipinski definition) is 7. The number of carbonyl (C=O) groups excluding carboxylic acids is 1. The standard InChI is InChI=1S/C19H20N6O3/c1-27-15-4-2-14(3-5-15)23-19(26)16-11-25(13-22-16)18-10-17(20-12-21-18)24-6-8-28-9-7-24/h2-5,10-13H,6-9H2,1H3,(H,23,26). The molecule has 9 heteroatoms. The number of anilines is 2. The average molecular weight is 380 g/mol. The van der Waals surface area contributed by atoms with Crippen LogP contribution in [-0.4, -0.2) is 58.8 Å². The highest BCUT2D eigenvalue weighted by Gasteiger charge is 2.15. The lowest BCUT2D eigenvalue weighted by atomic mass is 10.3. The van der Waals surface area contributed by atoms with Crippen LogP contribution in [0.3, 0.4) is 0 Å². The number of aromatic nitrogens is 4. The summed E-state index contributed by atoms with van der Waals surface area (Å²) in [6, 6.07) is 8.97. The summed E-state index contributed by atoms with van der Waals surface area (Å²) in [6.45, 7) is 2.94. The molecule has 1 saturated heterocycles. The minimum absolute atomic E-state index is 0.294. The normalized spacial score (nSPS) is 14.0. The Bertz CT molecular complexity index is 950. The largest absolute Gasteiger partial charge is 0.497 e. The zero-order chi connectivity index (χ0) is 19.3. The van der Waals surface area contributed by atoms with Crippen molar-refractivity contribution in [2.24, 2.45) is 0 Å². The van der Waals surface area contributed by atoms with Crippen LogP contribution < -0.4 is 15.0 Å². The van der Waals surface area contributed by atoms with Gasteiger partial charge < -0.3 is 19.7 Å². The number of hydrogen-bond donors (Lipinski definition) is 1. The Morgan fingerprint density at radius 3 is 2.61 bits per heavy atom. The van der Waals surface area contributed by atoms with Crippen LogP contribution >= 0.6 is 0 Å². The summed E-state index contributed by atoms with van der Waals surface area (Å²) in [7, 11) is 1.60. The highest BCUT2D eigenvalue weighted by molar-refractivity contribution is 6.02. The molecule has 1 amide bonds. The lowest BCUT2D eigenvalue weighted by Gasteiger charge is -2.27. The molecule has 144 valence electrons. The Kier molecular flexibility index (Phi) is 5.16. The van der Waals surface area contributed by atoms with E-state index >= 15 is 0 Å². The number of rotatable bonds is 5.